The molecule has 170 valence electrons. The number of hydrogen-bond acceptors (Lipinski definition) is 5. The van der Waals surface area contributed by atoms with Crippen molar-refractivity contribution < 1.29 is 18.0 Å². The predicted octanol–water partition coefficient (Wildman–Crippen LogP) is 1.88. The molecular weight excluding hydrogens is 414 g/mol. The Morgan fingerprint density at radius 1 is 1.16 bits per heavy atom. The summed E-state index contributed by atoms with van der Waals surface area (Å²) in [6.07, 6.45) is 1.95. The number of anilines is 1. The Kier molecular flexibility index (Phi) is 6.40. The molecule has 31 heavy (non-hydrogen) atoms. The molecule has 3 fully saturated rings. The van der Waals surface area contributed by atoms with E-state index in [0.29, 0.717) is 45.1 Å². The molecule has 0 aromatic heterocycles. The highest BCUT2D eigenvalue weighted by atomic mass is 32.2. The average molecular weight is 448 g/mol. The van der Waals surface area contributed by atoms with Crippen LogP contribution < -0.4 is 4.90 Å². The fourth-order valence-electron chi connectivity index (χ4n) is 5.10. The Labute approximate surface area is 185 Å². The average Bonchev–Trinajstić information content (AvgIpc) is 3.34. The quantitative estimate of drug-likeness (QED) is 0.689. The lowest BCUT2D eigenvalue weighted by Gasteiger charge is -2.38. The molecule has 0 bridgehead atoms. The number of carbonyl (C=O) groups is 2. The van der Waals surface area contributed by atoms with Crippen molar-refractivity contribution in [2.24, 2.45) is 5.92 Å². The fourth-order valence-corrected chi connectivity index (χ4v) is 6.87. The van der Waals surface area contributed by atoms with Gasteiger partial charge in [0.15, 0.2) is 9.84 Å². The number of nitrogens with zero attached hydrogens (tertiary/aromatic N) is 3. The van der Waals surface area contributed by atoms with E-state index < -0.39 is 9.84 Å². The van der Waals surface area contributed by atoms with Crippen LogP contribution in [0.1, 0.15) is 44.6 Å². The van der Waals surface area contributed by atoms with Crippen LogP contribution in [-0.4, -0.2) is 80.3 Å². The third kappa shape index (κ3) is 4.65. The van der Waals surface area contributed by atoms with Crippen LogP contribution in [-0.2, 0) is 19.4 Å². The second-order valence-electron chi connectivity index (χ2n) is 9.19. The van der Waals surface area contributed by atoms with Crippen LogP contribution in [0, 0.1) is 5.92 Å². The highest BCUT2D eigenvalue weighted by molar-refractivity contribution is 7.91. The second-order valence-corrected chi connectivity index (χ2v) is 11.4. The maximum atomic E-state index is 13.2. The van der Waals surface area contributed by atoms with Crippen molar-refractivity contribution in [1.29, 1.82) is 0 Å². The number of rotatable bonds is 5. The van der Waals surface area contributed by atoms with E-state index in [0.717, 1.165) is 17.7 Å². The van der Waals surface area contributed by atoms with Crippen molar-refractivity contribution in [3.8, 4) is 0 Å². The van der Waals surface area contributed by atoms with Gasteiger partial charge in [0.05, 0.1) is 17.4 Å². The maximum absolute atomic E-state index is 13.2. The van der Waals surface area contributed by atoms with E-state index in [9.17, 15) is 18.0 Å². The molecule has 0 saturated carbocycles. The highest BCUT2D eigenvalue weighted by Gasteiger charge is 2.40. The molecule has 0 N–H and O–H groups in total. The Morgan fingerprint density at radius 2 is 1.87 bits per heavy atom. The first-order valence-electron chi connectivity index (χ1n) is 11.4. The summed E-state index contributed by atoms with van der Waals surface area (Å²) in [5.41, 5.74) is 2.09. The van der Waals surface area contributed by atoms with E-state index in [1.807, 2.05) is 23.1 Å². The zero-order chi connectivity index (χ0) is 22.2. The zero-order valence-electron chi connectivity index (χ0n) is 18.5. The van der Waals surface area contributed by atoms with Crippen molar-refractivity contribution in [2.45, 2.75) is 45.1 Å². The molecule has 0 aliphatic carbocycles. The van der Waals surface area contributed by atoms with E-state index in [4.69, 9.17) is 0 Å². The van der Waals surface area contributed by atoms with Gasteiger partial charge in [-0.15, -0.1) is 0 Å². The minimum Gasteiger partial charge on any atom is -0.340 e. The van der Waals surface area contributed by atoms with E-state index in [1.54, 1.807) is 4.90 Å². The molecule has 4 rings (SSSR count). The lowest BCUT2D eigenvalue weighted by atomic mass is 9.96. The first-order valence-corrected chi connectivity index (χ1v) is 13.2. The molecule has 3 atom stereocenters. The number of carbonyl (C=O) groups excluding carboxylic acids is 2. The molecule has 3 unspecified atom stereocenters. The van der Waals surface area contributed by atoms with Gasteiger partial charge in [0.25, 0.3) is 0 Å². The van der Waals surface area contributed by atoms with Gasteiger partial charge in [-0.1, -0.05) is 32.0 Å². The topological polar surface area (TPSA) is 78.0 Å². The molecule has 3 heterocycles. The Bertz CT molecular complexity index is 940. The third-order valence-corrected chi connectivity index (χ3v) is 8.95. The summed E-state index contributed by atoms with van der Waals surface area (Å²) in [5, 5.41) is 0. The first-order chi connectivity index (χ1) is 14.8. The van der Waals surface area contributed by atoms with Crippen LogP contribution in [0.5, 0.6) is 0 Å². The molecular formula is C23H33N3O4S. The Hall–Kier alpha value is -1.93. The van der Waals surface area contributed by atoms with Gasteiger partial charge in [-0.3, -0.25) is 14.5 Å². The molecule has 7 nitrogen and oxygen atoms in total. The first kappa shape index (κ1) is 22.3. The van der Waals surface area contributed by atoms with Crippen LogP contribution in [0.15, 0.2) is 24.3 Å². The lowest BCUT2D eigenvalue weighted by Crippen LogP contribution is -2.53. The molecule has 2 amide bonds. The van der Waals surface area contributed by atoms with Crippen LogP contribution in [0.2, 0.25) is 0 Å². The summed E-state index contributed by atoms with van der Waals surface area (Å²) in [5.74, 6) is 0.624. The normalized spacial score (nSPS) is 27.6. The number of para-hydroxylation sites is 1. The molecule has 0 radical (unpaired) electrons. The maximum Gasteiger partial charge on any atom is 0.228 e. The molecule has 3 saturated heterocycles. The van der Waals surface area contributed by atoms with Crippen LogP contribution in [0.25, 0.3) is 0 Å². The van der Waals surface area contributed by atoms with Gasteiger partial charge in [-0.25, -0.2) is 8.42 Å². The summed E-state index contributed by atoms with van der Waals surface area (Å²) in [6.45, 7) is 7.34. The Morgan fingerprint density at radius 3 is 2.52 bits per heavy atom. The van der Waals surface area contributed by atoms with Gasteiger partial charge in [-0.05, 0) is 30.4 Å². The van der Waals surface area contributed by atoms with Crippen molar-refractivity contribution in [1.82, 2.24) is 9.80 Å². The van der Waals surface area contributed by atoms with Gasteiger partial charge in [-0.2, -0.15) is 0 Å². The van der Waals surface area contributed by atoms with E-state index in [2.05, 4.69) is 24.8 Å². The van der Waals surface area contributed by atoms with Crippen LogP contribution in [0.3, 0.4) is 0 Å². The van der Waals surface area contributed by atoms with E-state index in [-0.39, 0.29) is 41.7 Å². The SMILES string of the molecule is CCC(C)c1ccccc1N1CC(C(=O)N2CCN(C3CCS(=O)(=O)C3)CC2)CC1=O. The summed E-state index contributed by atoms with van der Waals surface area (Å²) in [4.78, 5) is 31.8. The Balaban J connectivity index is 1.37. The molecule has 1 aromatic rings. The molecule has 1 aromatic carbocycles. The van der Waals surface area contributed by atoms with Gasteiger partial charge in [0, 0.05) is 50.9 Å². The standard InChI is InChI=1S/C23H33N3O4S/c1-3-17(2)20-6-4-5-7-21(20)26-15-18(14-22(26)27)23(28)25-11-9-24(10-12-25)19-8-13-31(29,30)16-19/h4-7,17-19H,3,8-16H2,1-2H3. The number of benzene rings is 1. The lowest BCUT2D eigenvalue weighted by molar-refractivity contribution is -0.137. The minimum atomic E-state index is -2.90. The smallest absolute Gasteiger partial charge is 0.228 e. The second kappa shape index (κ2) is 8.90. The monoisotopic (exact) mass is 447 g/mol. The van der Waals surface area contributed by atoms with Crippen LogP contribution >= 0.6 is 0 Å². The fraction of sp³-hybridized carbons (Fsp3) is 0.652. The molecule has 3 aliphatic heterocycles. The van der Waals surface area contributed by atoms with Crippen LogP contribution in [0.4, 0.5) is 5.69 Å². The van der Waals surface area contributed by atoms with Gasteiger partial charge in [0.2, 0.25) is 11.8 Å². The highest BCUT2D eigenvalue weighted by Crippen LogP contribution is 2.34. The van der Waals surface area contributed by atoms with Crippen molar-refractivity contribution >= 4 is 27.3 Å². The van der Waals surface area contributed by atoms with Gasteiger partial charge < -0.3 is 9.80 Å². The number of hydrogen-bond donors (Lipinski definition) is 0. The summed E-state index contributed by atoms with van der Waals surface area (Å²) in [7, 11) is -2.90. The van der Waals surface area contributed by atoms with Crippen molar-refractivity contribution in [2.75, 3.05) is 49.1 Å². The summed E-state index contributed by atoms with van der Waals surface area (Å²) >= 11 is 0. The third-order valence-electron chi connectivity index (χ3n) is 7.20. The predicted molar refractivity (Wildman–Crippen MR) is 121 cm³/mol. The van der Waals surface area contributed by atoms with Gasteiger partial charge in [0.1, 0.15) is 0 Å². The van der Waals surface area contributed by atoms with Crippen molar-refractivity contribution in [3.05, 3.63) is 29.8 Å². The van der Waals surface area contributed by atoms with E-state index >= 15 is 0 Å². The summed E-state index contributed by atoms with van der Waals surface area (Å²) in [6, 6.07) is 8.10. The van der Waals surface area contributed by atoms with Crippen molar-refractivity contribution in [3.63, 3.8) is 0 Å². The number of sulfone groups is 1. The van der Waals surface area contributed by atoms with Gasteiger partial charge >= 0.3 is 0 Å². The minimum absolute atomic E-state index is 0.0175. The summed E-state index contributed by atoms with van der Waals surface area (Å²) < 4.78 is 23.5. The number of piperazine rings is 1. The largest absolute Gasteiger partial charge is 0.340 e. The zero-order valence-corrected chi connectivity index (χ0v) is 19.3. The molecule has 3 aliphatic rings. The molecule has 0 spiro atoms. The number of amides is 2. The van der Waals surface area contributed by atoms with E-state index in [1.165, 1.54) is 0 Å². The molecule has 8 heteroatoms.